The van der Waals surface area contributed by atoms with Crippen LogP contribution in [0.15, 0.2) is 18.2 Å². The number of hydrogen-bond acceptors (Lipinski definition) is 3. The van der Waals surface area contributed by atoms with E-state index >= 15 is 0 Å². The van der Waals surface area contributed by atoms with Gasteiger partial charge < -0.3 is 15.8 Å². The first kappa shape index (κ1) is 15.4. The fourth-order valence-electron chi connectivity index (χ4n) is 1.42. The molecule has 0 spiro atoms. The summed E-state index contributed by atoms with van der Waals surface area (Å²) >= 11 is 0. The summed E-state index contributed by atoms with van der Waals surface area (Å²) in [5, 5.41) is 3.25. The molecular weight excluding hydrogens is 247 g/mol. The smallest absolute Gasteiger partial charge is 0.258 e. The highest BCUT2D eigenvalue weighted by Crippen LogP contribution is 2.24. The molecule has 0 saturated carbocycles. The molecule has 1 unspecified atom stereocenters. The molecule has 1 atom stereocenters. The van der Waals surface area contributed by atoms with Crippen LogP contribution >= 0.6 is 0 Å². The molecule has 0 aliphatic heterocycles. The Morgan fingerprint density at radius 1 is 1.47 bits per heavy atom. The van der Waals surface area contributed by atoms with Gasteiger partial charge in [-0.2, -0.15) is 0 Å². The van der Waals surface area contributed by atoms with Crippen LogP contribution in [-0.2, 0) is 11.3 Å². The zero-order valence-corrected chi connectivity index (χ0v) is 11.8. The van der Waals surface area contributed by atoms with Crippen molar-refractivity contribution >= 4 is 5.91 Å². The Balaban J connectivity index is 2.92. The number of ether oxygens (including phenoxy) is 1. The molecule has 0 fully saturated rings. The van der Waals surface area contributed by atoms with Crippen LogP contribution in [-0.4, -0.2) is 17.6 Å². The van der Waals surface area contributed by atoms with E-state index in [0.29, 0.717) is 12.1 Å². The van der Waals surface area contributed by atoms with Crippen molar-refractivity contribution in [1.29, 1.82) is 0 Å². The number of primary amides is 1. The van der Waals surface area contributed by atoms with E-state index in [-0.39, 0.29) is 11.3 Å². The number of hydrogen-bond donors (Lipinski definition) is 2. The van der Waals surface area contributed by atoms with Crippen LogP contribution in [0.4, 0.5) is 4.39 Å². The van der Waals surface area contributed by atoms with Gasteiger partial charge in [0, 0.05) is 17.6 Å². The zero-order valence-electron chi connectivity index (χ0n) is 11.8. The van der Waals surface area contributed by atoms with Crippen LogP contribution < -0.4 is 15.8 Å². The van der Waals surface area contributed by atoms with Gasteiger partial charge in [-0.05, 0) is 33.8 Å². The van der Waals surface area contributed by atoms with Gasteiger partial charge in [0.15, 0.2) is 17.7 Å². The minimum atomic E-state index is -0.870. The Morgan fingerprint density at radius 2 is 2.11 bits per heavy atom. The van der Waals surface area contributed by atoms with Crippen molar-refractivity contribution in [3.63, 3.8) is 0 Å². The topological polar surface area (TPSA) is 64.3 Å². The molecule has 3 N–H and O–H groups in total. The maximum Gasteiger partial charge on any atom is 0.258 e. The van der Waals surface area contributed by atoms with E-state index in [1.54, 1.807) is 12.1 Å². The lowest BCUT2D eigenvalue weighted by atomic mass is 10.1. The van der Waals surface area contributed by atoms with E-state index in [2.05, 4.69) is 5.32 Å². The quantitative estimate of drug-likeness (QED) is 0.858. The van der Waals surface area contributed by atoms with Gasteiger partial charge in [0.25, 0.3) is 5.91 Å². The maximum atomic E-state index is 13.8. The first-order valence-electron chi connectivity index (χ1n) is 6.19. The van der Waals surface area contributed by atoms with Gasteiger partial charge in [0.05, 0.1) is 0 Å². The Labute approximate surface area is 113 Å². The average molecular weight is 268 g/mol. The summed E-state index contributed by atoms with van der Waals surface area (Å²) in [6, 6.07) is 4.66. The van der Waals surface area contributed by atoms with Gasteiger partial charge in [0.2, 0.25) is 0 Å². The van der Waals surface area contributed by atoms with E-state index in [1.807, 2.05) is 20.8 Å². The number of benzene rings is 1. The third kappa shape index (κ3) is 4.87. The summed E-state index contributed by atoms with van der Waals surface area (Å²) in [4.78, 5) is 11.0. The zero-order chi connectivity index (χ0) is 14.6. The summed E-state index contributed by atoms with van der Waals surface area (Å²) in [6.07, 6.45) is -0.870. The molecule has 0 aliphatic rings. The summed E-state index contributed by atoms with van der Waals surface area (Å²) in [5.41, 5.74) is 5.68. The van der Waals surface area contributed by atoms with Crippen molar-refractivity contribution in [2.75, 3.05) is 0 Å². The normalized spacial score (nSPS) is 13.1. The number of nitrogens with one attached hydrogen (secondary N) is 1. The van der Waals surface area contributed by atoms with E-state index in [4.69, 9.17) is 10.5 Å². The number of para-hydroxylation sites is 1. The minimum Gasteiger partial charge on any atom is -0.477 e. The predicted octanol–water partition coefficient (Wildman–Crippen LogP) is 1.97. The number of halogens is 1. The van der Waals surface area contributed by atoms with Crippen molar-refractivity contribution in [1.82, 2.24) is 5.32 Å². The monoisotopic (exact) mass is 268 g/mol. The number of amides is 1. The summed E-state index contributed by atoms with van der Waals surface area (Å²) in [5.74, 6) is -1.05. The average Bonchev–Trinajstić information content (AvgIpc) is 2.28. The number of carbonyl (C=O) groups excluding carboxylic acids is 1. The van der Waals surface area contributed by atoms with Crippen molar-refractivity contribution in [2.24, 2.45) is 5.73 Å². The van der Waals surface area contributed by atoms with Gasteiger partial charge in [-0.3, -0.25) is 4.79 Å². The number of rotatable bonds is 5. The number of nitrogens with two attached hydrogens (primary N) is 1. The van der Waals surface area contributed by atoms with Crippen LogP contribution in [0.5, 0.6) is 5.75 Å². The molecular formula is C14H21FN2O2. The molecule has 1 amide bonds. The molecule has 0 aliphatic carbocycles. The van der Waals surface area contributed by atoms with E-state index < -0.39 is 17.8 Å². The van der Waals surface area contributed by atoms with Crippen LogP contribution in [0.25, 0.3) is 0 Å². The molecule has 0 bridgehead atoms. The molecule has 5 heteroatoms. The lowest BCUT2D eigenvalue weighted by Crippen LogP contribution is -2.35. The van der Waals surface area contributed by atoms with Gasteiger partial charge in [-0.25, -0.2) is 4.39 Å². The molecule has 1 aromatic carbocycles. The number of carbonyl (C=O) groups is 1. The SMILES string of the molecule is CC(Oc1c(F)cccc1CNC(C)(C)C)C(N)=O. The largest absolute Gasteiger partial charge is 0.477 e. The predicted molar refractivity (Wildman–Crippen MR) is 72.3 cm³/mol. The minimum absolute atomic E-state index is 0.0746. The second-order valence-electron chi connectivity index (χ2n) is 5.49. The highest BCUT2D eigenvalue weighted by atomic mass is 19.1. The molecule has 1 aromatic rings. The van der Waals surface area contributed by atoms with E-state index in [1.165, 1.54) is 13.0 Å². The fraction of sp³-hybridized carbons (Fsp3) is 0.500. The first-order chi connectivity index (χ1) is 8.70. The molecule has 0 saturated heterocycles. The van der Waals surface area contributed by atoms with Crippen LogP contribution in [0.3, 0.4) is 0 Å². The summed E-state index contributed by atoms with van der Waals surface area (Å²) in [6.45, 7) is 7.98. The molecule has 0 radical (unpaired) electrons. The molecule has 4 nitrogen and oxygen atoms in total. The van der Waals surface area contributed by atoms with Crippen LogP contribution in [0.2, 0.25) is 0 Å². The lowest BCUT2D eigenvalue weighted by molar-refractivity contribution is -0.124. The Bertz CT molecular complexity index is 455. The fourth-order valence-corrected chi connectivity index (χ4v) is 1.42. The molecule has 19 heavy (non-hydrogen) atoms. The summed E-state index contributed by atoms with van der Waals surface area (Å²) in [7, 11) is 0. The third-order valence-corrected chi connectivity index (χ3v) is 2.55. The van der Waals surface area contributed by atoms with Gasteiger partial charge in [-0.1, -0.05) is 12.1 Å². The summed E-state index contributed by atoms with van der Waals surface area (Å²) < 4.78 is 19.1. The standard InChI is InChI=1S/C14H21FN2O2/c1-9(13(16)18)19-12-10(6-5-7-11(12)15)8-17-14(2,3)4/h5-7,9,17H,8H2,1-4H3,(H2,16,18). The first-order valence-corrected chi connectivity index (χ1v) is 6.19. The van der Waals surface area contributed by atoms with Crippen molar-refractivity contribution in [2.45, 2.75) is 45.9 Å². The van der Waals surface area contributed by atoms with Crippen LogP contribution in [0.1, 0.15) is 33.3 Å². The van der Waals surface area contributed by atoms with Gasteiger partial charge >= 0.3 is 0 Å². The van der Waals surface area contributed by atoms with Crippen molar-refractivity contribution in [3.05, 3.63) is 29.6 Å². The molecule has 1 rings (SSSR count). The third-order valence-electron chi connectivity index (χ3n) is 2.55. The Kier molecular flexibility index (Phi) is 4.89. The van der Waals surface area contributed by atoms with Gasteiger partial charge in [0.1, 0.15) is 0 Å². The van der Waals surface area contributed by atoms with E-state index in [9.17, 15) is 9.18 Å². The molecule has 0 aromatic heterocycles. The molecule has 106 valence electrons. The molecule has 0 heterocycles. The second kappa shape index (κ2) is 6.02. The Hall–Kier alpha value is -1.62. The van der Waals surface area contributed by atoms with Crippen molar-refractivity contribution < 1.29 is 13.9 Å². The van der Waals surface area contributed by atoms with Crippen molar-refractivity contribution in [3.8, 4) is 5.75 Å². The Morgan fingerprint density at radius 3 is 2.63 bits per heavy atom. The van der Waals surface area contributed by atoms with E-state index in [0.717, 1.165) is 0 Å². The van der Waals surface area contributed by atoms with Gasteiger partial charge in [-0.15, -0.1) is 0 Å². The van der Waals surface area contributed by atoms with Crippen LogP contribution in [0, 0.1) is 5.82 Å². The highest BCUT2D eigenvalue weighted by Gasteiger charge is 2.18. The maximum absolute atomic E-state index is 13.8. The lowest BCUT2D eigenvalue weighted by Gasteiger charge is -2.22. The highest BCUT2D eigenvalue weighted by molar-refractivity contribution is 5.78. The second-order valence-corrected chi connectivity index (χ2v) is 5.49.